The lowest BCUT2D eigenvalue weighted by Crippen LogP contribution is -2.33. The van der Waals surface area contributed by atoms with E-state index in [1.807, 2.05) is 0 Å². The highest BCUT2D eigenvalue weighted by Gasteiger charge is 2.31. The monoisotopic (exact) mass is 134 g/mol. The van der Waals surface area contributed by atoms with Crippen LogP contribution in [0.2, 0.25) is 0 Å². The van der Waals surface area contributed by atoms with Gasteiger partial charge < -0.3 is 9.47 Å². The normalized spacial score (nSPS) is 26.0. The first-order chi connectivity index (χ1) is 4.27. The number of hydrogen-bond donors (Lipinski definition) is 0. The molecule has 0 aromatic heterocycles. The summed E-state index contributed by atoms with van der Waals surface area (Å²) in [6.45, 7) is 0.953. The van der Waals surface area contributed by atoms with E-state index in [0.717, 1.165) is 0 Å². The lowest BCUT2D eigenvalue weighted by Gasteiger charge is -2.27. The maximum atomic E-state index is 13.0. The molecule has 1 aliphatic rings. The Morgan fingerprint density at radius 2 is 2.00 bits per heavy atom. The van der Waals surface area contributed by atoms with Gasteiger partial charge in [-0.05, 0) is 0 Å². The van der Waals surface area contributed by atoms with Crippen LogP contribution in [0.25, 0.3) is 0 Å². The van der Waals surface area contributed by atoms with Crippen LogP contribution in [0.15, 0.2) is 0 Å². The average Bonchev–Trinajstić information content (AvgIpc) is 1.90. The molecule has 0 amide bonds. The van der Waals surface area contributed by atoms with Crippen molar-refractivity contribution < 1.29 is 13.9 Å². The average molecular weight is 134 g/mol. The van der Waals surface area contributed by atoms with Gasteiger partial charge in [-0.3, -0.25) is 0 Å². The molecule has 0 radical (unpaired) electrons. The van der Waals surface area contributed by atoms with Crippen molar-refractivity contribution >= 4 is 0 Å². The number of ether oxygens (including phenoxy) is 2. The first-order valence-electron chi connectivity index (χ1n) is 3.09. The third kappa shape index (κ3) is 1.63. The van der Waals surface area contributed by atoms with Gasteiger partial charge in [0.25, 0.3) is 0 Å². The number of rotatable bonds is 1. The van der Waals surface area contributed by atoms with Crippen molar-refractivity contribution in [3.63, 3.8) is 0 Å². The predicted molar refractivity (Wildman–Crippen MR) is 30.9 cm³/mol. The third-order valence-electron chi connectivity index (χ3n) is 1.61. The zero-order valence-corrected chi connectivity index (χ0v) is 5.52. The second kappa shape index (κ2) is 2.62. The first-order valence-corrected chi connectivity index (χ1v) is 3.09. The molecule has 0 spiro atoms. The van der Waals surface area contributed by atoms with Gasteiger partial charge in [-0.2, -0.15) is 0 Å². The Hall–Kier alpha value is -0.150. The molecule has 1 heterocycles. The zero-order valence-electron chi connectivity index (χ0n) is 5.52. The van der Waals surface area contributed by atoms with Crippen LogP contribution in [0.4, 0.5) is 4.39 Å². The molecule has 0 aromatic rings. The summed E-state index contributed by atoms with van der Waals surface area (Å²) in [5, 5.41) is 0. The van der Waals surface area contributed by atoms with Gasteiger partial charge >= 0.3 is 0 Å². The van der Waals surface area contributed by atoms with Crippen molar-refractivity contribution in [2.24, 2.45) is 0 Å². The van der Waals surface area contributed by atoms with Crippen molar-refractivity contribution in [3.8, 4) is 0 Å². The van der Waals surface area contributed by atoms with Gasteiger partial charge in [0.05, 0.1) is 13.2 Å². The smallest absolute Gasteiger partial charge is 0.213 e. The van der Waals surface area contributed by atoms with E-state index in [0.29, 0.717) is 26.1 Å². The Kier molecular flexibility index (Phi) is 2.03. The minimum absolute atomic E-state index is 0.365. The van der Waals surface area contributed by atoms with E-state index in [1.165, 1.54) is 7.11 Å². The molecule has 0 aromatic carbocycles. The molecule has 0 aliphatic carbocycles. The van der Waals surface area contributed by atoms with Gasteiger partial charge in [0.15, 0.2) is 0 Å². The number of alkyl halides is 1. The quantitative estimate of drug-likeness (QED) is 0.534. The predicted octanol–water partition coefficient (Wildman–Crippen LogP) is 1.11. The Balaban J connectivity index is 2.37. The SMILES string of the molecule is COC1(F)CCOCC1. The lowest BCUT2D eigenvalue weighted by molar-refractivity contribution is -0.173. The van der Waals surface area contributed by atoms with E-state index in [4.69, 9.17) is 4.74 Å². The van der Waals surface area contributed by atoms with E-state index >= 15 is 0 Å². The van der Waals surface area contributed by atoms with Gasteiger partial charge in [0.1, 0.15) is 0 Å². The summed E-state index contributed by atoms with van der Waals surface area (Å²) in [5.41, 5.74) is 0. The number of methoxy groups -OCH3 is 1. The molecule has 54 valence electrons. The van der Waals surface area contributed by atoms with Gasteiger partial charge in [0.2, 0.25) is 5.85 Å². The lowest BCUT2D eigenvalue weighted by atomic mass is 10.1. The largest absolute Gasteiger partial charge is 0.381 e. The van der Waals surface area contributed by atoms with Gasteiger partial charge in [-0.1, -0.05) is 0 Å². The van der Waals surface area contributed by atoms with Crippen LogP contribution < -0.4 is 0 Å². The van der Waals surface area contributed by atoms with Crippen LogP contribution in [0.5, 0.6) is 0 Å². The van der Waals surface area contributed by atoms with Gasteiger partial charge in [0, 0.05) is 20.0 Å². The van der Waals surface area contributed by atoms with E-state index in [2.05, 4.69) is 4.74 Å². The van der Waals surface area contributed by atoms with Crippen molar-refractivity contribution in [1.82, 2.24) is 0 Å². The van der Waals surface area contributed by atoms with Crippen molar-refractivity contribution in [2.45, 2.75) is 18.7 Å². The fourth-order valence-corrected chi connectivity index (χ4v) is 0.880. The minimum Gasteiger partial charge on any atom is -0.381 e. The van der Waals surface area contributed by atoms with Crippen LogP contribution in [-0.2, 0) is 9.47 Å². The standard InChI is InChI=1S/C6H11FO2/c1-8-6(7)2-4-9-5-3-6/h2-5H2,1H3. The summed E-state index contributed by atoms with van der Waals surface area (Å²) in [5.74, 6) is -1.40. The molecule has 0 N–H and O–H groups in total. The second-order valence-corrected chi connectivity index (χ2v) is 2.20. The summed E-state index contributed by atoms with van der Waals surface area (Å²) in [7, 11) is 1.39. The van der Waals surface area contributed by atoms with E-state index in [1.54, 1.807) is 0 Å². The Morgan fingerprint density at radius 3 is 2.33 bits per heavy atom. The highest BCUT2D eigenvalue weighted by Crippen LogP contribution is 2.24. The summed E-state index contributed by atoms with van der Waals surface area (Å²) in [6.07, 6.45) is 0.729. The molecule has 3 heteroatoms. The van der Waals surface area contributed by atoms with Crippen LogP contribution in [0, 0.1) is 0 Å². The highest BCUT2D eigenvalue weighted by molar-refractivity contribution is 4.70. The van der Waals surface area contributed by atoms with Gasteiger partial charge in [-0.15, -0.1) is 0 Å². The molecule has 0 bridgehead atoms. The van der Waals surface area contributed by atoms with E-state index in [9.17, 15) is 4.39 Å². The molecule has 1 aliphatic heterocycles. The molecule has 1 fully saturated rings. The molecule has 1 saturated heterocycles. The number of halogens is 1. The maximum Gasteiger partial charge on any atom is 0.213 e. The summed E-state index contributed by atoms with van der Waals surface area (Å²) in [4.78, 5) is 0. The second-order valence-electron chi connectivity index (χ2n) is 2.20. The summed E-state index contributed by atoms with van der Waals surface area (Å²) < 4.78 is 22.6. The zero-order chi connectivity index (χ0) is 6.74. The van der Waals surface area contributed by atoms with Gasteiger partial charge in [-0.25, -0.2) is 4.39 Å². The molecule has 0 atom stereocenters. The minimum atomic E-state index is -1.40. The third-order valence-corrected chi connectivity index (χ3v) is 1.61. The van der Waals surface area contributed by atoms with E-state index < -0.39 is 5.85 Å². The molecule has 0 unspecified atom stereocenters. The topological polar surface area (TPSA) is 18.5 Å². The van der Waals surface area contributed by atoms with E-state index in [-0.39, 0.29) is 0 Å². The van der Waals surface area contributed by atoms with Crippen LogP contribution in [-0.4, -0.2) is 26.2 Å². The van der Waals surface area contributed by atoms with Crippen molar-refractivity contribution in [1.29, 1.82) is 0 Å². The Bertz CT molecular complexity index is 89.1. The molecule has 2 nitrogen and oxygen atoms in total. The molecule has 1 rings (SSSR count). The molecule has 0 saturated carbocycles. The first kappa shape index (κ1) is 6.96. The van der Waals surface area contributed by atoms with Crippen LogP contribution >= 0.6 is 0 Å². The van der Waals surface area contributed by atoms with Crippen molar-refractivity contribution in [3.05, 3.63) is 0 Å². The fourth-order valence-electron chi connectivity index (χ4n) is 0.880. The summed E-state index contributed by atoms with van der Waals surface area (Å²) in [6, 6.07) is 0. The maximum absolute atomic E-state index is 13.0. The highest BCUT2D eigenvalue weighted by atomic mass is 19.2. The molecular formula is C6H11FO2. The van der Waals surface area contributed by atoms with Crippen molar-refractivity contribution in [2.75, 3.05) is 20.3 Å². The molecular weight excluding hydrogens is 123 g/mol. The molecule has 9 heavy (non-hydrogen) atoms. The number of hydrogen-bond acceptors (Lipinski definition) is 2. The van der Waals surface area contributed by atoms with Crippen LogP contribution in [0.1, 0.15) is 12.8 Å². The Labute approximate surface area is 54.0 Å². The fraction of sp³-hybridized carbons (Fsp3) is 1.00. The van der Waals surface area contributed by atoms with Crippen LogP contribution in [0.3, 0.4) is 0 Å². The Morgan fingerprint density at radius 1 is 1.44 bits per heavy atom. The summed E-state index contributed by atoms with van der Waals surface area (Å²) >= 11 is 0.